The summed E-state index contributed by atoms with van der Waals surface area (Å²) in [6.45, 7) is 3.09. The number of carbonyl (C=O) groups is 5. The van der Waals surface area contributed by atoms with Crippen molar-refractivity contribution in [2.75, 3.05) is 7.11 Å². The van der Waals surface area contributed by atoms with E-state index in [1.54, 1.807) is 42.5 Å². The van der Waals surface area contributed by atoms with Crippen molar-refractivity contribution in [3.63, 3.8) is 0 Å². The number of hydrogen-bond donors (Lipinski definition) is 0. The second-order valence-corrected chi connectivity index (χ2v) is 8.76. The number of esters is 4. The maximum atomic E-state index is 13.6. The van der Waals surface area contributed by atoms with Gasteiger partial charge in [-0.3, -0.25) is 19.2 Å². The number of nitrogens with zero attached hydrogens (tertiary/aromatic N) is 1. The van der Waals surface area contributed by atoms with Crippen molar-refractivity contribution in [2.45, 2.75) is 51.5 Å². The lowest BCUT2D eigenvalue weighted by Crippen LogP contribution is -2.64. The first kappa shape index (κ1) is 28.2. The maximum absolute atomic E-state index is 13.6. The van der Waals surface area contributed by atoms with Gasteiger partial charge in [0.25, 0.3) is 5.56 Å². The third kappa shape index (κ3) is 5.50. The van der Waals surface area contributed by atoms with Gasteiger partial charge in [-0.25, -0.2) is 14.2 Å². The predicted octanol–water partition coefficient (Wildman–Crippen LogP) is 1.83. The van der Waals surface area contributed by atoms with E-state index in [1.807, 2.05) is 0 Å². The molecule has 0 spiro atoms. The lowest BCUT2D eigenvalue weighted by molar-refractivity contribution is -0.288. The minimum absolute atomic E-state index is 0.204. The summed E-state index contributed by atoms with van der Waals surface area (Å²) in [4.78, 5) is 75.4. The van der Waals surface area contributed by atoms with Gasteiger partial charge in [0.05, 0.1) is 12.6 Å². The molecule has 210 valence electrons. The molecule has 5 atom stereocenters. The van der Waals surface area contributed by atoms with Gasteiger partial charge in [-0.05, 0) is 17.5 Å². The molecule has 4 rings (SSSR count). The summed E-state index contributed by atoms with van der Waals surface area (Å²) in [7, 11) is 1.03. The molecule has 1 saturated heterocycles. The van der Waals surface area contributed by atoms with E-state index in [1.165, 1.54) is 6.07 Å². The van der Waals surface area contributed by atoms with Crippen molar-refractivity contribution in [2.24, 2.45) is 0 Å². The molecule has 2 aromatic carbocycles. The Morgan fingerprint density at radius 1 is 0.700 bits per heavy atom. The summed E-state index contributed by atoms with van der Waals surface area (Å²) in [5, 5.41) is 1.39. The van der Waals surface area contributed by atoms with Gasteiger partial charge in [0.1, 0.15) is 0 Å². The number of aromatic nitrogens is 1. The van der Waals surface area contributed by atoms with E-state index >= 15 is 0 Å². The zero-order chi connectivity index (χ0) is 29.1. The van der Waals surface area contributed by atoms with E-state index in [-0.39, 0.29) is 10.9 Å². The van der Waals surface area contributed by atoms with Crippen LogP contribution in [0.4, 0.5) is 4.79 Å². The number of pyridine rings is 1. The number of carbonyl (C=O) groups excluding carboxylic acids is 5. The lowest BCUT2D eigenvalue weighted by Gasteiger charge is -2.42. The Labute approximate surface area is 226 Å². The molecular formula is C27H25NO12. The average Bonchev–Trinajstić information content (AvgIpc) is 2.90. The molecule has 1 aromatic heterocycles. The minimum Gasteiger partial charge on any atom is -0.467 e. The van der Waals surface area contributed by atoms with E-state index in [4.69, 9.17) is 28.4 Å². The molecule has 0 N–H and O–H groups in total. The van der Waals surface area contributed by atoms with Gasteiger partial charge in [-0.15, -0.1) is 0 Å². The summed E-state index contributed by atoms with van der Waals surface area (Å²) in [6.07, 6.45) is -9.94. The number of para-hydroxylation sites is 1. The van der Waals surface area contributed by atoms with Crippen molar-refractivity contribution in [1.29, 1.82) is 0 Å². The molecule has 3 aromatic rings. The normalized spacial score (nSPS) is 22.2. The molecule has 0 aliphatic carbocycles. The molecule has 5 unspecified atom stereocenters. The summed E-state index contributed by atoms with van der Waals surface area (Å²) in [5.74, 6) is -3.75. The molecule has 13 heteroatoms. The molecule has 13 nitrogen and oxygen atoms in total. The van der Waals surface area contributed by atoms with Crippen LogP contribution in [0.1, 0.15) is 20.8 Å². The number of methoxy groups -OCH3 is 1. The highest BCUT2D eigenvalue weighted by atomic mass is 16.8. The fourth-order valence-electron chi connectivity index (χ4n) is 4.54. The fraction of sp³-hybridized carbons (Fsp3) is 0.333. The molecule has 2 heterocycles. The zero-order valence-electron chi connectivity index (χ0n) is 21.9. The smallest absolute Gasteiger partial charge is 0.423 e. The molecule has 0 saturated carbocycles. The number of benzene rings is 2. The van der Waals surface area contributed by atoms with E-state index < -0.39 is 66.2 Å². The van der Waals surface area contributed by atoms with Crippen LogP contribution >= 0.6 is 0 Å². The van der Waals surface area contributed by atoms with E-state index in [9.17, 15) is 28.8 Å². The number of ether oxygens (including phenoxy) is 6. The first-order valence-electron chi connectivity index (χ1n) is 12.0. The SMILES string of the molecule is COC(=O)C1OC(OC(=O)n2c(=O)c3ccccc3c3ccccc32)C(OC(C)=O)C(OC(C)=O)C1OC(C)=O. The van der Waals surface area contributed by atoms with Crippen LogP contribution in [0.3, 0.4) is 0 Å². The van der Waals surface area contributed by atoms with Crippen LogP contribution in [0.15, 0.2) is 53.3 Å². The Kier molecular flexibility index (Phi) is 8.14. The monoisotopic (exact) mass is 555 g/mol. The van der Waals surface area contributed by atoms with Crippen LogP contribution in [0.2, 0.25) is 0 Å². The van der Waals surface area contributed by atoms with E-state index in [2.05, 4.69) is 0 Å². The van der Waals surface area contributed by atoms with Crippen molar-refractivity contribution >= 4 is 51.6 Å². The Hall–Kier alpha value is -4.78. The van der Waals surface area contributed by atoms with Crippen molar-refractivity contribution in [3.05, 3.63) is 58.9 Å². The summed E-state index contributed by atoms with van der Waals surface area (Å²) in [6, 6.07) is 13.3. The largest absolute Gasteiger partial charge is 0.467 e. The number of rotatable bonds is 5. The second kappa shape index (κ2) is 11.5. The van der Waals surface area contributed by atoms with Crippen molar-refractivity contribution < 1.29 is 52.4 Å². The Balaban J connectivity index is 1.83. The van der Waals surface area contributed by atoms with Gasteiger partial charge < -0.3 is 28.4 Å². The van der Waals surface area contributed by atoms with Crippen LogP contribution in [0.5, 0.6) is 0 Å². The quantitative estimate of drug-likeness (QED) is 0.255. The zero-order valence-corrected chi connectivity index (χ0v) is 21.9. The second-order valence-electron chi connectivity index (χ2n) is 8.76. The third-order valence-electron chi connectivity index (χ3n) is 6.03. The Morgan fingerprint density at radius 3 is 1.82 bits per heavy atom. The first-order valence-corrected chi connectivity index (χ1v) is 12.0. The fourth-order valence-corrected chi connectivity index (χ4v) is 4.54. The summed E-state index contributed by atoms with van der Waals surface area (Å²) in [5.41, 5.74) is -0.507. The standard InChI is InChI=1S/C27H25NO12/c1-13(29)36-20-21(37-14(2)30)23(38-15(3)31)26(39-22(20)25(33)35-4)40-27(34)28-19-12-8-7-10-17(19)16-9-5-6-11-18(16)24(28)32/h5-12,20-23,26H,1-4H3. The summed E-state index contributed by atoms with van der Waals surface area (Å²) < 4.78 is 32.4. The van der Waals surface area contributed by atoms with Crippen LogP contribution < -0.4 is 5.56 Å². The molecular weight excluding hydrogens is 530 g/mol. The van der Waals surface area contributed by atoms with E-state index in [0.717, 1.165) is 32.4 Å². The third-order valence-corrected chi connectivity index (χ3v) is 6.03. The van der Waals surface area contributed by atoms with Gasteiger partial charge in [0, 0.05) is 31.5 Å². The minimum atomic E-state index is -1.91. The summed E-state index contributed by atoms with van der Waals surface area (Å²) >= 11 is 0. The number of fused-ring (bicyclic) bond motifs is 3. The predicted molar refractivity (Wildman–Crippen MR) is 135 cm³/mol. The topological polar surface area (TPSA) is 163 Å². The van der Waals surface area contributed by atoms with Crippen LogP contribution in [0.25, 0.3) is 21.7 Å². The van der Waals surface area contributed by atoms with Gasteiger partial charge in [0.15, 0.2) is 18.3 Å². The van der Waals surface area contributed by atoms with Crippen LogP contribution in [-0.2, 0) is 47.6 Å². The molecule has 0 amide bonds. The Bertz CT molecular complexity index is 1560. The van der Waals surface area contributed by atoms with Crippen LogP contribution in [-0.4, -0.2) is 72.4 Å². The van der Waals surface area contributed by atoms with E-state index in [0.29, 0.717) is 10.8 Å². The molecule has 1 aliphatic heterocycles. The van der Waals surface area contributed by atoms with Gasteiger partial charge in [-0.2, -0.15) is 0 Å². The highest BCUT2D eigenvalue weighted by Gasteiger charge is 2.56. The van der Waals surface area contributed by atoms with Gasteiger partial charge in [-0.1, -0.05) is 36.4 Å². The Morgan fingerprint density at radius 2 is 1.23 bits per heavy atom. The molecule has 0 radical (unpaired) electrons. The van der Waals surface area contributed by atoms with Crippen molar-refractivity contribution in [1.82, 2.24) is 4.57 Å². The average molecular weight is 555 g/mol. The highest BCUT2D eigenvalue weighted by Crippen LogP contribution is 2.31. The first-order chi connectivity index (χ1) is 19.0. The van der Waals surface area contributed by atoms with Gasteiger partial charge in [0.2, 0.25) is 12.4 Å². The molecule has 40 heavy (non-hydrogen) atoms. The molecule has 0 bridgehead atoms. The molecule has 1 aliphatic rings. The highest BCUT2D eigenvalue weighted by molar-refractivity contribution is 6.07. The molecule has 1 fully saturated rings. The maximum Gasteiger partial charge on any atom is 0.423 e. The number of hydrogen-bond acceptors (Lipinski definition) is 12. The lowest BCUT2D eigenvalue weighted by atomic mass is 9.97. The van der Waals surface area contributed by atoms with Crippen LogP contribution in [0, 0.1) is 0 Å². The van der Waals surface area contributed by atoms with Gasteiger partial charge >= 0.3 is 30.0 Å². The van der Waals surface area contributed by atoms with Crippen molar-refractivity contribution in [3.8, 4) is 0 Å².